The maximum Gasteiger partial charge on any atom is 0.128 e. The third kappa shape index (κ3) is 3.12. The van der Waals surface area contributed by atoms with Gasteiger partial charge in [0.05, 0.1) is 11.6 Å². The lowest BCUT2D eigenvalue weighted by Gasteiger charge is -2.34. The molecule has 0 saturated carbocycles. The van der Waals surface area contributed by atoms with Crippen molar-refractivity contribution in [2.45, 2.75) is 44.8 Å². The molecule has 1 N–H and O–H groups in total. The predicted octanol–water partition coefficient (Wildman–Crippen LogP) is 3.57. The normalized spacial score (nSPS) is 24.6. The van der Waals surface area contributed by atoms with Crippen molar-refractivity contribution in [3.05, 3.63) is 35.4 Å². The van der Waals surface area contributed by atoms with Crippen LogP contribution in [0.2, 0.25) is 0 Å². The van der Waals surface area contributed by atoms with Gasteiger partial charge >= 0.3 is 0 Å². The zero-order valence-electron chi connectivity index (χ0n) is 11.5. The molecule has 0 aliphatic carbocycles. The van der Waals surface area contributed by atoms with Crippen molar-refractivity contribution < 1.29 is 13.5 Å². The van der Waals surface area contributed by atoms with Crippen LogP contribution in [0.15, 0.2) is 18.2 Å². The predicted molar refractivity (Wildman–Crippen MR) is 71.0 cm³/mol. The van der Waals surface area contributed by atoms with Crippen molar-refractivity contribution in [3.8, 4) is 0 Å². The monoisotopic (exact) mass is 269 g/mol. The first-order valence-corrected chi connectivity index (χ1v) is 6.89. The van der Waals surface area contributed by atoms with Crippen LogP contribution in [0.1, 0.15) is 44.7 Å². The van der Waals surface area contributed by atoms with E-state index >= 15 is 0 Å². The summed E-state index contributed by atoms with van der Waals surface area (Å²) in [6, 6.07) is 3.29. The average molecular weight is 269 g/mol. The van der Waals surface area contributed by atoms with E-state index in [1.165, 1.54) is 12.1 Å². The molecule has 1 aliphatic heterocycles. The number of hydrogen-bond donors (Lipinski definition) is 1. The Labute approximate surface area is 113 Å². The van der Waals surface area contributed by atoms with Gasteiger partial charge in [0.1, 0.15) is 11.6 Å². The Kier molecular flexibility index (Phi) is 4.53. The number of halogens is 2. The number of ether oxygens (including phenoxy) is 1. The molecule has 2 atom stereocenters. The Hall–Kier alpha value is -1.00. The fourth-order valence-corrected chi connectivity index (χ4v) is 2.71. The largest absolute Gasteiger partial charge is 0.373 e. The molecule has 0 spiro atoms. The summed E-state index contributed by atoms with van der Waals surface area (Å²) in [5.74, 6) is -0.798. The maximum absolute atomic E-state index is 14.0. The van der Waals surface area contributed by atoms with Crippen LogP contribution in [-0.2, 0) is 4.74 Å². The molecule has 2 unspecified atom stereocenters. The Morgan fingerprint density at radius 2 is 2.21 bits per heavy atom. The van der Waals surface area contributed by atoms with E-state index < -0.39 is 11.4 Å². The van der Waals surface area contributed by atoms with Crippen molar-refractivity contribution in [1.29, 1.82) is 0 Å². The lowest BCUT2D eigenvalue weighted by Crippen LogP contribution is -2.42. The number of hydrogen-bond acceptors (Lipinski definition) is 2. The zero-order valence-corrected chi connectivity index (χ0v) is 11.5. The summed E-state index contributed by atoms with van der Waals surface area (Å²) in [6.45, 7) is 5.44. The van der Waals surface area contributed by atoms with Crippen molar-refractivity contribution in [3.63, 3.8) is 0 Å². The first kappa shape index (κ1) is 14.4. The molecular weight excluding hydrogens is 248 g/mol. The minimum absolute atomic E-state index is 0.314. The molecule has 1 aliphatic rings. The highest BCUT2D eigenvalue weighted by Gasteiger charge is 2.40. The van der Waals surface area contributed by atoms with Crippen LogP contribution >= 0.6 is 0 Å². The number of rotatable bonds is 5. The Balaban J connectivity index is 2.33. The van der Waals surface area contributed by atoms with Crippen LogP contribution in [0.3, 0.4) is 0 Å². The van der Waals surface area contributed by atoms with Crippen molar-refractivity contribution >= 4 is 0 Å². The maximum atomic E-state index is 14.0. The second kappa shape index (κ2) is 5.97. The number of nitrogens with one attached hydrogen (secondary N) is 1. The van der Waals surface area contributed by atoms with Gasteiger partial charge in [0.25, 0.3) is 0 Å². The van der Waals surface area contributed by atoms with E-state index in [1.54, 1.807) is 0 Å². The Bertz CT molecular complexity index is 430. The number of benzene rings is 1. The molecule has 1 aromatic rings. The molecule has 2 nitrogen and oxygen atoms in total. The van der Waals surface area contributed by atoms with E-state index in [-0.39, 0.29) is 11.9 Å². The first-order valence-electron chi connectivity index (χ1n) is 6.89. The van der Waals surface area contributed by atoms with Crippen LogP contribution < -0.4 is 5.32 Å². The van der Waals surface area contributed by atoms with Crippen LogP contribution in [0, 0.1) is 11.6 Å². The minimum atomic E-state index is -0.468. The SMILES string of the molecule is CCCNC(c1cc(F)ccc1F)C1(C)CCCO1. The van der Waals surface area contributed by atoms with E-state index in [9.17, 15) is 8.78 Å². The van der Waals surface area contributed by atoms with Gasteiger partial charge in [-0.3, -0.25) is 0 Å². The molecule has 0 amide bonds. The minimum Gasteiger partial charge on any atom is -0.373 e. The second-order valence-electron chi connectivity index (χ2n) is 5.32. The topological polar surface area (TPSA) is 21.3 Å². The van der Waals surface area contributed by atoms with Crippen LogP contribution in [0.4, 0.5) is 8.78 Å². The molecule has 19 heavy (non-hydrogen) atoms. The van der Waals surface area contributed by atoms with Crippen molar-refractivity contribution in [1.82, 2.24) is 5.32 Å². The fraction of sp³-hybridized carbons (Fsp3) is 0.600. The van der Waals surface area contributed by atoms with Gasteiger partial charge in [-0.25, -0.2) is 8.78 Å². The van der Waals surface area contributed by atoms with E-state index in [0.717, 1.165) is 31.9 Å². The molecule has 0 radical (unpaired) electrons. The quantitative estimate of drug-likeness (QED) is 0.882. The summed E-state index contributed by atoms with van der Waals surface area (Å²) >= 11 is 0. The van der Waals surface area contributed by atoms with Gasteiger partial charge < -0.3 is 10.1 Å². The molecule has 0 aromatic heterocycles. The van der Waals surface area contributed by atoms with E-state index in [1.807, 2.05) is 13.8 Å². The molecule has 0 bridgehead atoms. The lowest BCUT2D eigenvalue weighted by atomic mass is 9.87. The zero-order chi connectivity index (χ0) is 13.9. The van der Waals surface area contributed by atoms with E-state index in [2.05, 4.69) is 5.32 Å². The molecular formula is C15H21F2NO. The molecule has 1 aromatic carbocycles. The molecule has 1 saturated heterocycles. The standard InChI is InChI=1S/C15H21F2NO/c1-3-8-18-14(15(2)7-4-9-19-15)12-10-11(16)5-6-13(12)17/h5-6,10,14,18H,3-4,7-9H2,1-2H3. The Morgan fingerprint density at radius 1 is 1.42 bits per heavy atom. The molecule has 2 rings (SSSR count). The van der Waals surface area contributed by atoms with Gasteiger partial charge in [-0.05, 0) is 50.9 Å². The summed E-state index contributed by atoms with van der Waals surface area (Å²) in [5.41, 5.74) is -0.109. The van der Waals surface area contributed by atoms with E-state index in [0.29, 0.717) is 12.2 Å². The van der Waals surface area contributed by atoms with Crippen molar-refractivity contribution in [2.24, 2.45) is 0 Å². The summed E-state index contributed by atoms with van der Waals surface area (Å²) in [4.78, 5) is 0. The third-order valence-corrected chi connectivity index (χ3v) is 3.73. The van der Waals surface area contributed by atoms with Gasteiger partial charge in [-0.1, -0.05) is 6.92 Å². The second-order valence-corrected chi connectivity index (χ2v) is 5.32. The molecule has 1 heterocycles. The first-order chi connectivity index (χ1) is 9.07. The summed E-state index contributed by atoms with van der Waals surface area (Å²) < 4.78 is 33.2. The Morgan fingerprint density at radius 3 is 2.84 bits per heavy atom. The lowest BCUT2D eigenvalue weighted by molar-refractivity contribution is -0.0134. The highest BCUT2D eigenvalue weighted by molar-refractivity contribution is 5.25. The van der Waals surface area contributed by atoms with Gasteiger partial charge in [-0.15, -0.1) is 0 Å². The van der Waals surface area contributed by atoms with Gasteiger partial charge in [0.15, 0.2) is 0 Å². The fourth-order valence-electron chi connectivity index (χ4n) is 2.71. The molecule has 4 heteroatoms. The van der Waals surface area contributed by atoms with Gasteiger partial charge in [0, 0.05) is 12.2 Å². The van der Waals surface area contributed by atoms with Gasteiger partial charge in [0.2, 0.25) is 0 Å². The summed E-state index contributed by atoms with van der Waals surface area (Å²) in [7, 11) is 0. The van der Waals surface area contributed by atoms with Gasteiger partial charge in [-0.2, -0.15) is 0 Å². The van der Waals surface area contributed by atoms with E-state index in [4.69, 9.17) is 4.74 Å². The molecule has 106 valence electrons. The summed E-state index contributed by atoms with van der Waals surface area (Å²) in [5, 5.41) is 3.30. The van der Waals surface area contributed by atoms with Crippen LogP contribution in [-0.4, -0.2) is 18.8 Å². The smallest absolute Gasteiger partial charge is 0.128 e. The van der Waals surface area contributed by atoms with Crippen LogP contribution in [0.5, 0.6) is 0 Å². The average Bonchev–Trinajstić information content (AvgIpc) is 2.82. The van der Waals surface area contributed by atoms with Crippen LogP contribution in [0.25, 0.3) is 0 Å². The van der Waals surface area contributed by atoms with Crippen molar-refractivity contribution in [2.75, 3.05) is 13.2 Å². The highest BCUT2D eigenvalue weighted by Crippen LogP contribution is 2.38. The molecule has 1 fully saturated rings. The summed E-state index contributed by atoms with van der Waals surface area (Å²) in [6.07, 6.45) is 2.74. The highest BCUT2D eigenvalue weighted by atomic mass is 19.1. The third-order valence-electron chi connectivity index (χ3n) is 3.73.